The first kappa shape index (κ1) is 16.0. The molecule has 0 bridgehead atoms. The first-order valence-corrected chi connectivity index (χ1v) is 8.18. The van der Waals surface area contributed by atoms with Gasteiger partial charge >= 0.3 is 5.97 Å². The van der Waals surface area contributed by atoms with Gasteiger partial charge in [-0.05, 0) is 49.8 Å². The van der Waals surface area contributed by atoms with Gasteiger partial charge in [-0.25, -0.2) is 0 Å². The number of carbonyl (C=O) groups excluding carboxylic acids is 1. The van der Waals surface area contributed by atoms with Gasteiger partial charge in [0.1, 0.15) is 0 Å². The number of carbonyl (C=O) groups is 2. The average Bonchev–Trinajstić information content (AvgIpc) is 2.89. The molecule has 1 amide bonds. The Morgan fingerprint density at radius 3 is 2.62 bits per heavy atom. The van der Waals surface area contributed by atoms with E-state index in [-0.39, 0.29) is 11.8 Å². The number of aliphatic carboxylic acids is 1. The van der Waals surface area contributed by atoms with Crippen molar-refractivity contribution < 1.29 is 14.7 Å². The van der Waals surface area contributed by atoms with Crippen LogP contribution in [0.2, 0.25) is 4.34 Å². The molecule has 1 fully saturated rings. The van der Waals surface area contributed by atoms with Gasteiger partial charge in [-0.2, -0.15) is 0 Å². The van der Waals surface area contributed by atoms with Gasteiger partial charge in [0.15, 0.2) is 0 Å². The number of hydrogen-bond donors (Lipinski definition) is 2. The highest BCUT2D eigenvalue weighted by molar-refractivity contribution is 7.17. The van der Waals surface area contributed by atoms with Gasteiger partial charge < -0.3 is 10.4 Å². The van der Waals surface area contributed by atoms with Crippen molar-refractivity contribution in [1.82, 2.24) is 5.32 Å². The summed E-state index contributed by atoms with van der Waals surface area (Å²) in [5, 5.41) is 11.8. The summed E-state index contributed by atoms with van der Waals surface area (Å²) in [7, 11) is 0. The van der Waals surface area contributed by atoms with Crippen LogP contribution in [0.1, 0.15) is 30.6 Å². The fraction of sp³-hybridized carbons (Fsp3) is 0.467. The Bertz CT molecular complexity index is 533. The van der Waals surface area contributed by atoms with Crippen LogP contribution in [-0.4, -0.2) is 23.5 Å². The van der Waals surface area contributed by atoms with E-state index in [4.69, 9.17) is 16.7 Å². The number of carboxylic acid groups (broad SMARTS) is 1. The van der Waals surface area contributed by atoms with Gasteiger partial charge in [0.2, 0.25) is 5.91 Å². The smallest absolute Gasteiger partial charge is 0.306 e. The lowest BCUT2D eigenvalue weighted by molar-refractivity contribution is -0.143. The van der Waals surface area contributed by atoms with E-state index in [0.717, 1.165) is 17.7 Å². The molecule has 4 nitrogen and oxygen atoms in total. The third kappa shape index (κ3) is 5.17. The molecular weight excluding hydrogens is 310 g/mol. The molecule has 1 saturated carbocycles. The topological polar surface area (TPSA) is 66.4 Å². The standard InChI is InChI=1S/C15H18ClNO3S/c16-13-7-5-12(21-13)6-8-14(18)17-9-10-1-3-11(4-2-10)15(19)20/h5-8,10-11H,1-4,9H2,(H,17,18)(H,19,20). The summed E-state index contributed by atoms with van der Waals surface area (Å²) in [6, 6.07) is 3.66. The van der Waals surface area contributed by atoms with Gasteiger partial charge in [0, 0.05) is 17.5 Å². The summed E-state index contributed by atoms with van der Waals surface area (Å²) in [6.07, 6.45) is 6.39. The van der Waals surface area contributed by atoms with Gasteiger partial charge in [0.05, 0.1) is 10.3 Å². The van der Waals surface area contributed by atoms with Gasteiger partial charge in [-0.15, -0.1) is 11.3 Å². The second-order valence-electron chi connectivity index (χ2n) is 5.28. The molecule has 0 saturated heterocycles. The number of rotatable bonds is 5. The number of carboxylic acids is 1. The molecule has 1 aliphatic carbocycles. The zero-order valence-corrected chi connectivity index (χ0v) is 13.1. The summed E-state index contributed by atoms with van der Waals surface area (Å²) in [5.74, 6) is -0.649. The number of hydrogen-bond acceptors (Lipinski definition) is 3. The molecule has 114 valence electrons. The Labute approximate surface area is 132 Å². The van der Waals surface area contributed by atoms with Crippen molar-refractivity contribution in [3.8, 4) is 0 Å². The molecule has 0 aromatic carbocycles. The Kier molecular flexibility index (Phi) is 5.82. The van der Waals surface area contributed by atoms with E-state index in [0.29, 0.717) is 29.6 Å². The number of halogens is 1. The summed E-state index contributed by atoms with van der Waals surface area (Å²) in [6.45, 7) is 0.612. The molecule has 21 heavy (non-hydrogen) atoms. The molecule has 1 heterocycles. The molecule has 0 aliphatic heterocycles. The van der Waals surface area contributed by atoms with E-state index in [2.05, 4.69) is 5.32 Å². The van der Waals surface area contributed by atoms with Crippen LogP contribution >= 0.6 is 22.9 Å². The minimum atomic E-state index is -0.699. The van der Waals surface area contributed by atoms with Gasteiger partial charge in [-0.1, -0.05) is 11.6 Å². The van der Waals surface area contributed by atoms with Crippen LogP contribution in [0, 0.1) is 11.8 Å². The Balaban J connectivity index is 1.70. The average molecular weight is 328 g/mol. The Morgan fingerprint density at radius 1 is 1.33 bits per heavy atom. The highest BCUT2D eigenvalue weighted by Gasteiger charge is 2.25. The predicted octanol–water partition coefficient (Wildman–Crippen LogP) is 3.42. The van der Waals surface area contributed by atoms with Crippen molar-refractivity contribution in [2.45, 2.75) is 25.7 Å². The molecular formula is C15H18ClNO3S. The van der Waals surface area contributed by atoms with Crippen molar-refractivity contribution in [2.24, 2.45) is 11.8 Å². The molecule has 1 aliphatic rings. The van der Waals surface area contributed by atoms with E-state index in [1.165, 1.54) is 17.4 Å². The predicted molar refractivity (Wildman–Crippen MR) is 84.5 cm³/mol. The van der Waals surface area contributed by atoms with Crippen LogP contribution in [0.4, 0.5) is 0 Å². The summed E-state index contributed by atoms with van der Waals surface area (Å²) in [4.78, 5) is 23.5. The normalized spacial score (nSPS) is 22.3. The van der Waals surface area contributed by atoms with E-state index in [1.54, 1.807) is 12.1 Å². The SMILES string of the molecule is O=C(C=Cc1ccc(Cl)s1)NCC1CCC(C(=O)O)CC1. The van der Waals surface area contributed by atoms with Crippen molar-refractivity contribution in [3.05, 3.63) is 27.4 Å². The Hall–Kier alpha value is -1.33. The van der Waals surface area contributed by atoms with Crippen LogP contribution in [-0.2, 0) is 9.59 Å². The van der Waals surface area contributed by atoms with Crippen LogP contribution in [0.25, 0.3) is 6.08 Å². The van der Waals surface area contributed by atoms with Crippen molar-refractivity contribution in [1.29, 1.82) is 0 Å². The molecule has 2 N–H and O–H groups in total. The first-order valence-electron chi connectivity index (χ1n) is 6.98. The molecule has 0 unspecified atom stereocenters. The summed E-state index contributed by atoms with van der Waals surface area (Å²) < 4.78 is 0.699. The molecule has 1 aromatic heterocycles. The fourth-order valence-electron chi connectivity index (χ4n) is 2.49. The van der Waals surface area contributed by atoms with E-state index >= 15 is 0 Å². The molecule has 0 atom stereocenters. The van der Waals surface area contributed by atoms with Crippen LogP contribution in [0.3, 0.4) is 0 Å². The molecule has 0 spiro atoms. The van der Waals surface area contributed by atoms with Crippen molar-refractivity contribution >= 4 is 40.9 Å². The summed E-state index contributed by atoms with van der Waals surface area (Å²) >= 11 is 7.24. The molecule has 2 rings (SSSR count). The molecule has 1 aromatic rings. The van der Waals surface area contributed by atoms with Crippen LogP contribution in [0.15, 0.2) is 18.2 Å². The number of nitrogens with one attached hydrogen (secondary N) is 1. The minimum Gasteiger partial charge on any atom is -0.481 e. The first-order chi connectivity index (χ1) is 10.0. The van der Waals surface area contributed by atoms with Gasteiger partial charge in [0.25, 0.3) is 0 Å². The van der Waals surface area contributed by atoms with Gasteiger partial charge in [-0.3, -0.25) is 9.59 Å². The molecule has 6 heteroatoms. The third-order valence-corrected chi connectivity index (χ3v) is 4.95. The largest absolute Gasteiger partial charge is 0.481 e. The second kappa shape index (κ2) is 7.61. The highest BCUT2D eigenvalue weighted by Crippen LogP contribution is 2.28. The second-order valence-corrected chi connectivity index (χ2v) is 7.02. The maximum atomic E-state index is 11.7. The quantitative estimate of drug-likeness (QED) is 0.814. The lowest BCUT2D eigenvalue weighted by Crippen LogP contribution is -2.31. The van der Waals surface area contributed by atoms with E-state index < -0.39 is 5.97 Å². The summed E-state index contributed by atoms with van der Waals surface area (Å²) in [5.41, 5.74) is 0. The fourth-order valence-corrected chi connectivity index (χ4v) is 3.46. The minimum absolute atomic E-state index is 0.125. The third-order valence-electron chi connectivity index (χ3n) is 3.75. The van der Waals surface area contributed by atoms with Crippen LogP contribution < -0.4 is 5.32 Å². The lowest BCUT2D eigenvalue weighted by atomic mass is 9.82. The zero-order chi connectivity index (χ0) is 15.2. The van der Waals surface area contributed by atoms with Crippen LogP contribution in [0.5, 0.6) is 0 Å². The van der Waals surface area contributed by atoms with Crippen molar-refractivity contribution in [2.75, 3.05) is 6.54 Å². The Morgan fingerprint density at radius 2 is 2.05 bits per heavy atom. The van der Waals surface area contributed by atoms with Crippen molar-refractivity contribution in [3.63, 3.8) is 0 Å². The zero-order valence-electron chi connectivity index (χ0n) is 11.5. The highest BCUT2D eigenvalue weighted by atomic mass is 35.5. The maximum Gasteiger partial charge on any atom is 0.306 e. The lowest BCUT2D eigenvalue weighted by Gasteiger charge is -2.25. The monoisotopic (exact) mass is 327 g/mol. The van der Waals surface area contributed by atoms with E-state index in [9.17, 15) is 9.59 Å². The molecule has 0 radical (unpaired) electrons. The maximum absolute atomic E-state index is 11.7. The number of thiophene rings is 1. The number of amides is 1. The van der Waals surface area contributed by atoms with E-state index in [1.807, 2.05) is 6.07 Å².